The second-order valence-electron chi connectivity index (χ2n) is 3.91. The lowest BCUT2D eigenvalue weighted by Gasteiger charge is -2.22. The predicted molar refractivity (Wildman–Crippen MR) is 54.9 cm³/mol. The summed E-state index contributed by atoms with van der Waals surface area (Å²) in [5.41, 5.74) is 0. The quantitative estimate of drug-likeness (QED) is 0.645. The van der Waals surface area contributed by atoms with Gasteiger partial charge in [-0.05, 0) is 6.92 Å². The summed E-state index contributed by atoms with van der Waals surface area (Å²) in [5, 5.41) is 12.6. The molecule has 1 aliphatic rings. The normalized spacial score (nSPS) is 23.5. The summed E-state index contributed by atoms with van der Waals surface area (Å²) >= 11 is 0. The Morgan fingerprint density at radius 3 is 2.62 bits per heavy atom. The maximum atomic E-state index is 11.5. The standard InChI is InChI=1S/C8H14N2O5S/c1-5(2-8(12)13)10-4-6(3-7(10)11)16(9,14)15/h5-6H,2-4H2,1H3,(H,12,13)(H2,9,14,15). The number of carboxylic acids is 1. The van der Waals surface area contributed by atoms with Crippen LogP contribution in [0.5, 0.6) is 0 Å². The van der Waals surface area contributed by atoms with Gasteiger partial charge in [0.15, 0.2) is 0 Å². The third-order valence-electron chi connectivity index (χ3n) is 2.59. The number of likely N-dealkylation sites (tertiary alicyclic amines) is 1. The van der Waals surface area contributed by atoms with Crippen LogP contribution in [0.2, 0.25) is 0 Å². The number of aliphatic carboxylic acids is 1. The van der Waals surface area contributed by atoms with Crippen molar-refractivity contribution in [3.8, 4) is 0 Å². The van der Waals surface area contributed by atoms with Crippen LogP contribution in [0.15, 0.2) is 0 Å². The summed E-state index contributed by atoms with van der Waals surface area (Å²) in [5.74, 6) is -1.40. The Kier molecular flexibility index (Phi) is 3.54. The molecule has 8 heteroatoms. The molecule has 7 nitrogen and oxygen atoms in total. The molecular weight excluding hydrogens is 236 g/mol. The fraction of sp³-hybridized carbons (Fsp3) is 0.750. The minimum Gasteiger partial charge on any atom is -0.481 e. The topological polar surface area (TPSA) is 118 Å². The molecule has 2 atom stereocenters. The van der Waals surface area contributed by atoms with Crippen LogP contribution in [0.1, 0.15) is 19.8 Å². The SMILES string of the molecule is CC(CC(=O)O)N1CC(S(N)(=O)=O)CC1=O. The highest BCUT2D eigenvalue weighted by atomic mass is 32.2. The molecule has 1 aliphatic heterocycles. The zero-order valence-corrected chi connectivity index (χ0v) is 9.61. The van der Waals surface area contributed by atoms with E-state index in [1.807, 2.05) is 0 Å². The zero-order chi connectivity index (χ0) is 12.5. The highest BCUT2D eigenvalue weighted by molar-refractivity contribution is 7.89. The molecule has 0 bridgehead atoms. The van der Waals surface area contributed by atoms with E-state index in [1.165, 1.54) is 4.90 Å². The van der Waals surface area contributed by atoms with Gasteiger partial charge in [-0.1, -0.05) is 0 Å². The van der Waals surface area contributed by atoms with Crippen molar-refractivity contribution in [1.29, 1.82) is 0 Å². The lowest BCUT2D eigenvalue weighted by molar-refractivity contribution is -0.139. The molecule has 2 unspecified atom stereocenters. The molecule has 1 saturated heterocycles. The molecule has 16 heavy (non-hydrogen) atoms. The minimum atomic E-state index is -3.74. The summed E-state index contributed by atoms with van der Waals surface area (Å²) in [4.78, 5) is 23.2. The predicted octanol–water partition coefficient (Wildman–Crippen LogP) is -1.26. The molecule has 0 aliphatic carbocycles. The molecule has 3 N–H and O–H groups in total. The Balaban J connectivity index is 2.72. The lowest BCUT2D eigenvalue weighted by Crippen LogP contribution is -2.38. The number of carboxylic acid groups (broad SMARTS) is 1. The summed E-state index contributed by atoms with van der Waals surface area (Å²) < 4.78 is 22.1. The van der Waals surface area contributed by atoms with Crippen LogP contribution in [-0.2, 0) is 19.6 Å². The van der Waals surface area contributed by atoms with E-state index in [0.717, 1.165) is 0 Å². The molecule has 0 spiro atoms. The Hall–Kier alpha value is -1.15. The van der Waals surface area contributed by atoms with Crippen LogP contribution in [0, 0.1) is 0 Å². The van der Waals surface area contributed by atoms with E-state index in [-0.39, 0.29) is 25.3 Å². The number of hydrogen-bond donors (Lipinski definition) is 2. The first-order chi connectivity index (χ1) is 7.21. The fourth-order valence-electron chi connectivity index (χ4n) is 1.71. The molecule has 0 aromatic rings. The maximum absolute atomic E-state index is 11.5. The van der Waals surface area contributed by atoms with Gasteiger partial charge in [-0.25, -0.2) is 13.6 Å². The van der Waals surface area contributed by atoms with Gasteiger partial charge in [0, 0.05) is 19.0 Å². The molecule has 0 aromatic heterocycles. The molecular formula is C8H14N2O5S. The third kappa shape index (κ3) is 2.92. The first-order valence-electron chi connectivity index (χ1n) is 4.74. The van der Waals surface area contributed by atoms with Gasteiger partial charge >= 0.3 is 5.97 Å². The van der Waals surface area contributed by atoms with Gasteiger partial charge in [0.1, 0.15) is 5.25 Å². The molecule has 92 valence electrons. The van der Waals surface area contributed by atoms with Crippen molar-refractivity contribution in [3.63, 3.8) is 0 Å². The highest BCUT2D eigenvalue weighted by Crippen LogP contribution is 2.20. The number of amides is 1. The third-order valence-corrected chi connectivity index (χ3v) is 3.83. The van der Waals surface area contributed by atoms with E-state index in [1.54, 1.807) is 6.92 Å². The van der Waals surface area contributed by atoms with Crippen molar-refractivity contribution in [2.75, 3.05) is 6.54 Å². The molecule has 1 heterocycles. The van der Waals surface area contributed by atoms with Crippen LogP contribution >= 0.6 is 0 Å². The van der Waals surface area contributed by atoms with Gasteiger partial charge in [-0.15, -0.1) is 0 Å². The van der Waals surface area contributed by atoms with Crippen molar-refractivity contribution in [2.45, 2.75) is 31.1 Å². The number of primary sulfonamides is 1. The van der Waals surface area contributed by atoms with E-state index in [9.17, 15) is 18.0 Å². The smallest absolute Gasteiger partial charge is 0.305 e. The van der Waals surface area contributed by atoms with Gasteiger partial charge in [-0.2, -0.15) is 0 Å². The van der Waals surface area contributed by atoms with Gasteiger partial charge in [0.05, 0.1) is 6.42 Å². The summed E-state index contributed by atoms with van der Waals surface area (Å²) in [6.07, 6.45) is -0.369. The first kappa shape index (κ1) is 12.9. The number of rotatable bonds is 4. The van der Waals surface area contributed by atoms with Crippen LogP contribution in [0.4, 0.5) is 0 Å². The van der Waals surface area contributed by atoms with Crippen molar-refractivity contribution in [3.05, 3.63) is 0 Å². The Bertz CT molecular complexity index is 405. The largest absolute Gasteiger partial charge is 0.481 e. The summed E-state index contributed by atoms with van der Waals surface area (Å²) in [6, 6.07) is -0.517. The molecule has 1 rings (SSSR count). The average molecular weight is 250 g/mol. The van der Waals surface area contributed by atoms with Crippen molar-refractivity contribution < 1.29 is 23.1 Å². The molecule has 1 fully saturated rings. The van der Waals surface area contributed by atoms with Crippen LogP contribution in [0.3, 0.4) is 0 Å². The fourth-order valence-corrected chi connectivity index (χ4v) is 2.45. The average Bonchev–Trinajstić information content (AvgIpc) is 2.44. The Morgan fingerprint density at radius 1 is 1.69 bits per heavy atom. The van der Waals surface area contributed by atoms with Gasteiger partial charge < -0.3 is 10.0 Å². The van der Waals surface area contributed by atoms with Crippen molar-refractivity contribution >= 4 is 21.9 Å². The Labute approximate surface area is 93.3 Å². The zero-order valence-electron chi connectivity index (χ0n) is 8.79. The minimum absolute atomic E-state index is 0.0217. The van der Waals surface area contributed by atoms with Crippen LogP contribution in [-0.4, -0.2) is 48.1 Å². The van der Waals surface area contributed by atoms with Gasteiger partial charge in [0.25, 0.3) is 0 Å². The summed E-state index contributed by atoms with van der Waals surface area (Å²) in [6.45, 7) is 1.55. The highest BCUT2D eigenvalue weighted by Gasteiger charge is 2.38. The number of sulfonamides is 1. The molecule has 0 aromatic carbocycles. The second-order valence-corrected chi connectivity index (χ2v) is 5.75. The number of nitrogens with two attached hydrogens (primary N) is 1. The van der Waals surface area contributed by atoms with E-state index in [0.29, 0.717) is 0 Å². The maximum Gasteiger partial charge on any atom is 0.305 e. The van der Waals surface area contributed by atoms with Crippen LogP contribution < -0.4 is 5.14 Å². The van der Waals surface area contributed by atoms with Gasteiger partial charge in [-0.3, -0.25) is 9.59 Å². The van der Waals surface area contributed by atoms with E-state index in [4.69, 9.17) is 10.2 Å². The van der Waals surface area contributed by atoms with E-state index in [2.05, 4.69) is 0 Å². The van der Waals surface area contributed by atoms with Crippen molar-refractivity contribution in [1.82, 2.24) is 4.90 Å². The lowest BCUT2D eigenvalue weighted by atomic mass is 10.2. The number of nitrogens with zero attached hydrogens (tertiary/aromatic N) is 1. The number of hydrogen-bond acceptors (Lipinski definition) is 4. The number of carbonyl (C=O) groups is 2. The molecule has 0 radical (unpaired) electrons. The Morgan fingerprint density at radius 2 is 2.25 bits per heavy atom. The van der Waals surface area contributed by atoms with Gasteiger partial charge in [0.2, 0.25) is 15.9 Å². The van der Waals surface area contributed by atoms with Crippen LogP contribution in [0.25, 0.3) is 0 Å². The summed E-state index contributed by atoms with van der Waals surface area (Å²) in [7, 11) is -3.74. The first-order valence-corrected chi connectivity index (χ1v) is 6.35. The van der Waals surface area contributed by atoms with Crippen molar-refractivity contribution in [2.24, 2.45) is 5.14 Å². The molecule has 0 saturated carbocycles. The molecule has 1 amide bonds. The van der Waals surface area contributed by atoms with E-state index >= 15 is 0 Å². The monoisotopic (exact) mass is 250 g/mol. The number of carbonyl (C=O) groups excluding carboxylic acids is 1. The second kappa shape index (κ2) is 4.38. The van der Waals surface area contributed by atoms with E-state index < -0.39 is 27.3 Å².